The van der Waals surface area contributed by atoms with Crippen molar-refractivity contribution in [1.82, 2.24) is 15.1 Å². The van der Waals surface area contributed by atoms with Gasteiger partial charge in [0, 0.05) is 13.5 Å². The van der Waals surface area contributed by atoms with E-state index in [1.54, 1.807) is 30.3 Å². The molecular weight excluding hydrogens is 469 g/mol. The Hall–Kier alpha value is -3.36. The molecule has 0 bridgehead atoms. The van der Waals surface area contributed by atoms with Crippen molar-refractivity contribution in [2.24, 2.45) is 7.05 Å². The van der Waals surface area contributed by atoms with Crippen LogP contribution in [0.15, 0.2) is 53.5 Å². The van der Waals surface area contributed by atoms with Crippen molar-refractivity contribution in [2.75, 3.05) is 7.11 Å². The van der Waals surface area contributed by atoms with Gasteiger partial charge >= 0.3 is 5.97 Å². The number of aryl methyl sites for hydroxylation is 1. The molecule has 0 spiro atoms. The number of ether oxygens (including phenoxy) is 1. The van der Waals surface area contributed by atoms with E-state index in [1.807, 2.05) is 0 Å². The number of carbonyl (C=O) groups excluding carboxylic acids is 1. The molecule has 0 saturated carbocycles. The lowest BCUT2D eigenvalue weighted by Crippen LogP contribution is -2.42. The minimum absolute atomic E-state index is 0. The van der Waals surface area contributed by atoms with Crippen LogP contribution in [0.5, 0.6) is 5.75 Å². The van der Waals surface area contributed by atoms with Crippen LogP contribution in [-0.4, -0.2) is 39.9 Å². The monoisotopic (exact) mass is 491 g/mol. The van der Waals surface area contributed by atoms with E-state index < -0.39 is 17.9 Å². The fraction of sp³-hybridized carbons (Fsp3) is 0.217. The number of methoxy groups -OCH3 is 1. The summed E-state index contributed by atoms with van der Waals surface area (Å²) in [5.41, 5.74) is 1.25. The predicted molar refractivity (Wildman–Crippen MR) is 127 cm³/mol. The first-order valence-electron chi connectivity index (χ1n) is 9.40. The standard InChI is InChI=1S/C22H19Cl2N3O5.CH4/c1-27-21(29)18(17(32-2)11-25-27)13-8-6-12(7-9-13)10-16(22(30)31)26-20(28)19-14(23)4-3-5-15(19)24;/h3-9,11,16H,10H2,1-2H3,(H,26,28)(H,30,31);1H4/t16-;/m0./s1. The van der Waals surface area contributed by atoms with Crippen molar-refractivity contribution in [2.45, 2.75) is 19.9 Å². The van der Waals surface area contributed by atoms with Gasteiger partial charge in [-0.2, -0.15) is 5.10 Å². The molecule has 2 N–H and O–H groups in total. The lowest BCUT2D eigenvalue weighted by Gasteiger charge is -2.16. The molecule has 0 fully saturated rings. The molecule has 3 aromatic rings. The van der Waals surface area contributed by atoms with Crippen LogP contribution in [0.3, 0.4) is 0 Å². The second-order valence-electron chi connectivity index (χ2n) is 6.88. The fourth-order valence-corrected chi connectivity index (χ4v) is 3.70. The number of halogens is 2. The van der Waals surface area contributed by atoms with Gasteiger partial charge in [0.25, 0.3) is 11.5 Å². The summed E-state index contributed by atoms with van der Waals surface area (Å²) in [6.45, 7) is 0. The summed E-state index contributed by atoms with van der Waals surface area (Å²) in [7, 11) is 2.98. The lowest BCUT2D eigenvalue weighted by atomic mass is 10.0. The van der Waals surface area contributed by atoms with Gasteiger partial charge < -0.3 is 15.2 Å². The summed E-state index contributed by atoms with van der Waals surface area (Å²) in [5, 5.41) is 16.2. The van der Waals surface area contributed by atoms with Gasteiger partial charge in [0.15, 0.2) is 5.75 Å². The number of benzene rings is 2. The molecule has 0 unspecified atom stereocenters. The van der Waals surface area contributed by atoms with E-state index in [1.165, 1.54) is 37.2 Å². The van der Waals surface area contributed by atoms with Gasteiger partial charge in [-0.1, -0.05) is 61.0 Å². The number of aromatic nitrogens is 2. The van der Waals surface area contributed by atoms with Gasteiger partial charge in [-0.3, -0.25) is 9.59 Å². The third kappa shape index (κ3) is 5.71. The molecular formula is C23H23Cl2N3O5. The largest absolute Gasteiger partial charge is 0.494 e. The van der Waals surface area contributed by atoms with Crippen molar-refractivity contribution >= 4 is 35.1 Å². The topological polar surface area (TPSA) is 111 Å². The van der Waals surface area contributed by atoms with Crippen molar-refractivity contribution in [3.8, 4) is 16.9 Å². The smallest absolute Gasteiger partial charge is 0.326 e. The number of nitrogens with zero attached hydrogens (tertiary/aromatic N) is 2. The number of carboxylic acids is 1. The van der Waals surface area contributed by atoms with Crippen LogP contribution >= 0.6 is 23.2 Å². The molecule has 0 aliphatic heterocycles. The van der Waals surface area contributed by atoms with Gasteiger partial charge in [-0.05, 0) is 23.3 Å². The molecule has 3 rings (SSSR count). The average molecular weight is 492 g/mol. The van der Waals surface area contributed by atoms with Crippen LogP contribution in [0.25, 0.3) is 11.1 Å². The highest BCUT2D eigenvalue weighted by Crippen LogP contribution is 2.26. The molecule has 0 saturated heterocycles. The first-order chi connectivity index (χ1) is 15.2. The Morgan fingerprint density at radius 3 is 2.30 bits per heavy atom. The highest BCUT2D eigenvalue weighted by atomic mass is 35.5. The van der Waals surface area contributed by atoms with Crippen molar-refractivity contribution < 1.29 is 19.4 Å². The maximum absolute atomic E-state index is 12.6. The Kier molecular flexibility index (Phi) is 8.62. The maximum Gasteiger partial charge on any atom is 0.326 e. The van der Waals surface area contributed by atoms with Crippen molar-refractivity contribution in [3.05, 3.63) is 80.2 Å². The zero-order valence-electron chi connectivity index (χ0n) is 17.1. The molecule has 0 aliphatic rings. The Bertz CT molecular complexity index is 1210. The number of hydrogen-bond acceptors (Lipinski definition) is 5. The van der Waals surface area contributed by atoms with Gasteiger partial charge in [-0.15, -0.1) is 0 Å². The summed E-state index contributed by atoms with van der Waals surface area (Å²) in [5.74, 6) is -1.57. The zero-order valence-corrected chi connectivity index (χ0v) is 18.6. The highest BCUT2D eigenvalue weighted by molar-refractivity contribution is 6.39. The van der Waals surface area contributed by atoms with Crippen LogP contribution < -0.4 is 15.6 Å². The van der Waals surface area contributed by atoms with Crippen molar-refractivity contribution in [3.63, 3.8) is 0 Å². The number of aliphatic carboxylic acids is 1. The minimum Gasteiger partial charge on any atom is -0.494 e. The van der Waals surface area contributed by atoms with Gasteiger partial charge in [0.05, 0.1) is 34.5 Å². The van der Waals surface area contributed by atoms with Crippen LogP contribution in [0.4, 0.5) is 0 Å². The SMILES string of the molecule is C.COc1cnn(C)c(=O)c1-c1ccc(C[C@H](NC(=O)c2c(Cl)cccc2Cl)C(=O)O)cc1. The first kappa shape index (κ1) is 25.9. The number of amides is 1. The van der Waals surface area contributed by atoms with E-state index in [0.717, 1.165) is 0 Å². The summed E-state index contributed by atoms with van der Waals surface area (Å²) in [6.07, 6.45) is 1.45. The minimum atomic E-state index is -1.22. The predicted octanol–water partition coefficient (Wildman–Crippen LogP) is 3.82. The lowest BCUT2D eigenvalue weighted by molar-refractivity contribution is -0.139. The van der Waals surface area contributed by atoms with E-state index in [9.17, 15) is 19.5 Å². The van der Waals surface area contributed by atoms with E-state index in [0.29, 0.717) is 22.4 Å². The molecule has 0 radical (unpaired) electrons. The van der Waals surface area contributed by atoms with Gasteiger partial charge in [0.2, 0.25) is 0 Å². The number of nitrogens with one attached hydrogen (secondary N) is 1. The molecule has 10 heteroatoms. The zero-order chi connectivity index (χ0) is 23.4. The number of carboxylic acid groups (broad SMARTS) is 1. The summed E-state index contributed by atoms with van der Waals surface area (Å²) in [6, 6.07) is 10.1. The second kappa shape index (κ2) is 11.0. The normalized spacial score (nSPS) is 11.3. The van der Waals surface area contributed by atoms with Crippen LogP contribution in [0.1, 0.15) is 23.3 Å². The Morgan fingerprint density at radius 2 is 1.76 bits per heavy atom. The Labute approximate surface area is 200 Å². The van der Waals surface area contributed by atoms with Crippen molar-refractivity contribution in [1.29, 1.82) is 0 Å². The third-order valence-corrected chi connectivity index (χ3v) is 5.43. The van der Waals surface area contributed by atoms with E-state index >= 15 is 0 Å². The van der Waals surface area contributed by atoms with Gasteiger partial charge in [0.1, 0.15) is 6.04 Å². The van der Waals surface area contributed by atoms with E-state index in [-0.39, 0.29) is 35.0 Å². The first-order valence-corrected chi connectivity index (χ1v) is 10.2. The second-order valence-corrected chi connectivity index (χ2v) is 7.69. The molecule has 0 aliphatic carbocycles. The fourth-order valence-electron chi connectivity index (χ4n) is 3.13. The average Bonchev–Trinajstić information content (AvgIpc) is 2.75. The summed E-state index contributed by atoms with van der Waals surface area (Å²) >= 11 is 12.1. The van der Waals surface area contributed by atoms with Crippen LogP contribution in [0, 0.1) is 0 Å². The van der Waals surface area contributed by atoms with Gasteiger partial charge in [-0.25, -0.2) is 9.48 Å². The molecule has 2 aromatic carbocycles. The van der Waals surface area contributed by atoms with Crippen LogP contribution in [0.2, 0.25) is 10.0 Å². The number of rotatable bonds is 7. The molecule has 33 heavy (non-hydrogen) atoms. The number of carbonyl (C=O) groups is 2. The summed E-state index contributed by atoms with van der Waals surface area (Å²) < 4.78 is 6.44. The third-order valence-electron chi connectivity index (χ3n) is 4.80. The molecule has 1 heterocycles. The van der Waals surface area contributed by atoms with E-state index in [2.05, 4.69) is 10.4 Å². The Balaban J connectivity index is 0.00000385. The molecule has 1 aromatic heterocycles. The summed E-state index contributed by atoms with van der Waals surface area (Å²) in [4.78, 5) is 36.8. The molecule has 8 nitrogen and oxygen atoms in total. The molecule has 1 atom stereocenters. The van der Waals surface area contributed by atoms with E-state index in [4.69, 9.17) is 27.9 Å². The maximum atomic E-state index is 12.6. The number of hydrogen-bond donors (Lipinski definition) is 2. The Morgan fingerprint density at radius 1 is 1.15 bits per heavy atom. The van der Waals surface area contributed by atoms with Crippen LogP contribution in [-0.2, 0) is 18.3 Å². The molecule has 1 amide bonds. The quantitative estimate of drug-likeness (QED) is 0.519. The highest BCUT2D eigenvalue weighted by Gasteiger charge is 2.24. The molecule has 174 valence electrons.